The van der Waals surface area contributed by atoms with E-state index in [1.54, 1.807) is 6.92 Å². The lowest BCUT2D eigenvalue weighted by atomic mass is 10.3. The van der Waals surface area contributed by atoms with Gasteiger partial charge in [0.05, 0.1) is 4.47 Å². The number of rotatable bonds is 8. The molecule has 0 radical (unpaired) electrons. The Hall–Kier alpha value is -1.18. The molecule has 5 nitrogen and oxygen atoms in total. The van der Waals surface area contributed by atoms with Crippen molar-refractivity contribution in [1.82, 2.24) is 15.1 Å². The van der Waals surface area contributed by atoms with Crippen LogP contribution in [0.25, 0.3) is 0 Å². The Bertz CT molecular complexity index is 565. The Balaban J connectivity index is 1.64. The predicted molar refractivity (Wildman–Crippen MR) is 100 cm³/mol. The number of amides is 1. The van der Waals surface area contributed by atoms with E-state index in [1.165, 1.54) is 18.2 Å². The zero-order valence-electron chi connectivity index (χ0n) is 14.9. The first kappa shape index (κ1) is 20.1. The van der Waals surface area contributed by atoms with E-state index in [0.717, 1.165) is 45.7 Å². The highest BCUT2D eigenvalue weighted by atomic mass is 79.9. The molecule has 1 atom stereocenters. The van der Waals surface area contributed by atoms with Crippen LogP contribution < -0.4 is 10.1 Å². The molecular formula is C18H27BrFN3O2. The molecule has 2 rings (SSSR count). The Morgan fingerprint density at radius 2 is 2.00 bits per heavy atom. The highest BCUT2D eigenvalue weighted by molar-refractivity contribution is 9.10. The molecule has 1 aliphatic rings. The van der Waals surface area contributed by atoms with Gasteiger partial charge in [0.15, 0.2) is 6.10 Å². The molecule has 1 aromatic rings. The van der Waals surface area contributed by atoms with Crippen LogP contribution in [0.2, 0.25) is 0 Å². The number of carbonyl (C=O) groups is 1. The standard InChI is InChI=1S/C18H27BrFN3O2/c1-3-22-9-11-23(12-10-22)8-4-7-21-18(24)14(2)25-17-6-5-15(20)13-16(17)19/h5-6,13-14H,3-4,7-12H2,1-2H3,(H,21,24)/t14-/m1/s1. The van der Waals surface area contributed by atoms with E-state index in [2.05, 4.69) is 38.0 Å². The van der Waals surface area contributed by atoms with Gasteiger partial charge in [-0.1, -0.05) is 6.92 Å². The van der Waals surface area contributed by atoms with Crippen LogP contribution in [0.3, 0.4) is 0 Å². The van der Waals surface area contributed by atoms with E-state index in [4.69, 9.17) is 4.74 Å². The van der Waals surface area contributed by atoms with Crippen LogP contribution in [0.1, 0.15) is 20.3 Å². The van der Waals surface area contributed by atoms with E-state index in [1.807, 2.05) is 0 Å². The predicted octanol–water partition coefficient (Wildman–Crippen LogP) is 2.50. The summed E-state index contributed by atoms with van der Waals surface area (Å²) in [5.74, 6) is -0.0547. The molecule has 0 saturated carbocycles. The van der Waals surface area contributed by atoms with Gasteiger partial charge in [0.25, 0.3) is 5.91 Å². The largest absolute Gasteiger partial charge is 0.480 e. The Kier molecular flexibility index (Phi) is 8.12. The Morgan fingerprint density at radius 3 is 2.64 bits per heavy atom. The second-order valence-corrected chi connectivity index (χ2v) is 7.11. The fourth-order valence-corrected chi connectivity index (χ4v) is 3.25. The van der Waals surface area contributed by atoms with Crippen molar-refractivity contribution in [3.63, 3.8) is 0 Å². The molecule has 0 unspecified atom stereocenters. The van der Waals surface area contributed by atoms with E-state index in [0.29, 0.717) is 16.8 Å². The number of piperazine rings is 1. The average Bonchev–Trinajstić information content (AvgIpc) is 2.61. The second kappa shape index (κ2) is 10.1. The van der Waals surface area contributed by atoms with Gasteiger partial charge in [-0.2, -0.15) is 0 Å². The third-order valence-electron chi connectivity index (χ3n) is 4.43. The summed E-state index contributed by atoms with van der Waals surface area (Å²) in [6, 6.07) is 4.14. The maximum Gasteiger partial charge on any atom is 0.260 e. The number of ether oxygens (including phenoxy) is 1. The summed E-state index contributed by atoms with van der Waals surface area (Å²) in [6.45, 7) is 11.1. The van der Waals surface area contributed by atoms with Gasteiger partial charge in [-0.05, 0) is 60.6 Å². The van der Waals surface area contributed by atoms with Crippen LogP contribution >= 0.6 is 15.9 Å². The van der Waals surface area contributed by atoms with Crippen LogP contribution in [0.15, 0.2) is 22.7 Å². The van der Waals surface area contributed by atoms with Crippen LogP contribution in [0.4, 0.5) is 4.39 Å². The zero-order valence-corrected chi connectivity index (χ0v) is 16.5. The molecule has 1 aromatic carbocycles. The summed E-state index contributed by atoms with van der Waals surface area (Å²) >= 11 is 3.24. The van der Waals surface area contributed by atoms with Crippen molar-refractivity contribution in [3.05, 3.63) is 28.5 Å². The van der Waals surface area contributed by atoms with Gasteiger partial charge in [-0.3, -0.25) is 4.79 Å². The van der Waals surface area contributed by atoms with Crippen molar-refractivity contribution in [2.24, 2.45) is 0 Å². The molecule has 1 fully saturated rings. The first-order valence-corrected chi connectivity index (χ1v) is 9.63. The minimum Gasteiger partial charge on any atom is -0.480 e. The second-order valence-electron chi connectivity index (χ2n) is 6.26. The number of nitrogens with one attached hydrogen (secondary N) is 1. The van der Waals surface area contributed by atoms with Crippen molar-refractivity contribution in [1.29, 1.82) is 0 Å². The van der Waals surface area contributed by atoms with Crippen molar-refractivity contribution >= 4 is 21.8 Å². The number of likely N-dealkylation sites (N-methyl/N-ethyl adjacent to an activating group) is 1. The molecule has 25 heavy (non-hydrogen) atoms. The maximum atomic E-state index is 13.1. The summed E-state index contributed by atoms with van der Waals surface area (Å²) in [6.07, 6.45) is 0.292. The fourth-order valence-electron chi connectivity index (χ4n) is 2.80. The normalized spacial score (nSPS) is 17.3. The molecule has 0 aliphatic carbocycles. The molecule has 140 valence electrons. The summed E-state index contributed by atoms with van der Waals surface area (Å²) in [5.41, 5.74) is 0. The molecule has 1 N–H and O–H groups in total. The Labute approximate surface area is 157 Å². The quantitative estimate of drug-likeness (QED) is 0.662. The highest BCUT2D eigenvalue weighted by Gasteiger charge is 2.17. The number of nitrogens with zero attached hydrogens (tertiary/aromatic N) is 2. The molecule has 1 saturated heterocycles. The summed E-state index contributed by atoms with van der Waals surface area (Å²) in [4.78, 5) is 17.0. The minimum absolute atomic E-state index is 0.160. The maximum absolute atomic E-state index is 13.1. The summed E-state index contributed by atoms with van der Waals surface area (Å²) < 4.78 is 19.2. The van der Waals surface area contributed by atoms with E-state index < -0.39 is 6.10 Å². The fraction of sp³-hybridized carbons (Fsp3) is 0.611. The number of halogens is 2. The van der Waals surface area contributed by atoms with Gasteiger partial charge in [0, 0.05) is 32.7 Å². The molecule has 1 heterocycles. The number of hydrogen-bond donors (Lipinski definition) is 1. The van der Waals surface area contributed by atoms with Gasteiger partial charge < -0.3 is 19.9 Å². The lowest BCUT2D eigenvalue weighted by Gasteiger charge is -2.34. The van der Waals surface area contributed by atoms with Crippen LogP contribution in [0, 0.1) is 5.82 Å². The van der Waals surface area contributed by atoms with Gasteiger partial charge in [0.1, 0.15) is 11.6 Å². The molecule has 1 aliphatic heterocycles. The van der Waals surface area contributed by atoms with Gasteiger partial charge in [0.2, 0.25) is 0 Å². The molecule has 0 bridgehead atoms. The highest BCUT2D eigenvalue weighted by Crippen LogP contribution is 2.26. The van der Waals surface area contributed by atoms with E-state index in [9.17, 15) is 9.18 Å². The molecular weight excluding hydrogens is 389 g/mol. The van der Waals surface area contributed by atoms with Crippen LogP contribution in [-0.2, 0) is 4.79 Å². The van der Waals surface area contributed by atoms with Crippen molar-refractivity contribution in [2.45, 2.75) is 26.4 Å². The third-order valence-corrected chi connectivity index (χ3v) is 5.05. The van der Waals surface area contributed by atoms with E-state index in [-0.39, 0.29) is 11.7 Å². The number of carbonyl (C=O) groups excluding carboxylic acids is 1. The van der Waals surface area contributed by atoms with E-state index >= 15 is 0 Å². The van der Waals surface area contributed by atoms with Gasteiger partial charge >= 0.3 is 0 Å². The number of hydrogen-bond acceptors (Lipinski definition) is 4. The molecule has 1 amide bonds. The summed E-state index contributed by atoms with van der Waals surface area (Å²) in [7, 11) is 0. The number of benzene rings is 1. The summed E-state index contributed by atoms with van der Waals surface area (Å²) in [5, 5.41) is 2.90. The monoisotopic (exact) mass is 415 g/mol. The average molecular weight is 416 g/mol. The van der Waals surface area contributed by atoms with Gasteiger partial charge in [-0.25, -0.2) is 4.39 Å². The lowest BCUT2D eigenvalue weighted by Crippen LogP contribution is -2.46. The SMILES string of the molecule is CCN1CCN(CCCNC(=O)[C@@H](C)Oc2ccc(F)cc2Br)CC1. The first-order valence-electron chi connectivity index (χ1n) is 8.83. The smallest absolute Gasteiger partial charge is 0.260 e. The van der Waals surface area contributed by atoms with Crippen LogP contribution in [0.5, 0.6) is 5.75 Å². The Morgan fingerprint density at radius 1 is 1.32 bits per heavy atom. The third kappa shape index (κ3) is 6.56. The van der Waals surface area contributed by atoms with Crippen molar-refractivity contribution in [2.75, 3.05) is 45.8 Å². The van der Waals surface area contributed by atoms with Crippen LogP contribution in [-0.4, -0.2) is 67.6 Å². The lowest BCUT2D eigenvalue weighted by molar-refractivity contribution is -0.127. The molecule has 7 heteroatoms. The molecule has 0 spiro atoms. The van der Waals surface area contributed by atoms with Crippen molar-refractivity contribution in [3.8, 4) is 5.75 Å². The molecule has 0 aromatic heterocycles. The topological polar surface area (TPSA) is 44.8 Å². The van der Waals surface area contributed by atoms with Crippen molar-refractivity contribution < 1.29 is 13.9 Å². The van der Waals surface area contributed by atoms with Gasteiger partial charge in [-0.15, -0.1) is 0 Å². The zero-order chi connectivity index (χ0) is 18.2. The first-order chi connectivity index (χ1) is 12.0. The minimum atomic E-state index is -0.630.